The molecule has 1 heterocycles. The van der Waals surface area contributed by atoms with Gasteiger partial charge in [-0.25, -0.2) is 9.59 Å². The molecule has 2 N–H and O–H groups in total. The third-order valence-corrected chi connectivity index (χ3v) is 3.83. The number of hydrogen-bond donors (Lipinski definition) is 2. The van der Waals surface area contributed by atoms with Crippen LogP contribution < -0.4 is 0 Å². The van der Waals surface area contributed by atoms with Gasteiger partial charge < -0.3 is 10.2 Å². The molecule has 0 saturated carbocycles. The van der Waals surface area contributed by atoms with Gasteiger partial charge in [-0.05, 0) is 17.9 Å². The highest BCUT2D eigenvalue weighted by molar-refractivity contribution is 8.08. The lowest BCUT2D eigenvalue weighted by molar-refractivity contribution is -0.134. The van der Waals surface area contributed by atoms with Gasteiger partial charge in [0.2, 0.25) is 0 Å². The first kappa shape index (κ1) is 10.5. The predicted molar refractivity (Wildman–Crippen MR) is 51.8 cm³/mol. The normalized spacial score (nSPS) is 18.2. The minimum absolute atomic E-state index is 0.0324. The van der Waals surface area contributed by atoms with Gasteiger partial charge in [-0.2, -0.15) is 0 Å². The largest absolute Gasteiger partial charge is 0.477 e. The molecule has 6 heteroatoms. The van der Waals surface area contributed by atoms with E-state index in [0.717, 1.165) is 29.9 Å². The maximum atomic E-state index is 10.7. The number of carboxylic acid groups (broad SMARTS) is 2. The van der Waals surface area contributed by atoms with Crippen LogP contribution >= 0.6 is 23.5 Å². The molecule has 1 aliphatic rings. The van der Waals surface area contributed by atoms with Gasteiger partial charge >= 0.3 is 11.9 Å². The molecule has 4 nitrogen and oxygen atoms in total. The molecule has 0 bridgehead atoms. The molecule has 0 fully saturated rings. The van der Waals surface area contributed by atoms with Gasteiger partial charge in [0.05, 0.1) is 0 Å². The van der Waals surface area contributed by atoms with Crippen molar-refractivity contribution in [3.8, 4) is 0 Å². The molecule has 0 radical (unpaired) electrons. The summed E-state index contributed by atoms with van der Waals surface area (Å²) in [7, 11) is 0. The van der Waals surface area contributed by atoms with Gasteiger partial charge in [0.15, 0.2) is 0 Å². The van der Waals surface area contributed by atoms with E-state index in [1.165, 1.54) is 0 Å². The van der Waals surface area contributed by atoms with Crippen molar-refractivity contribution in [1.82, 2.24) is 0 Å². The van der Waals surface area contributed by atoms with Crippen molar-refractivity contribution in [2.24, 2.45) is 0 Å². The molecule has 0 aromatic carbocycles. The van der Waals surface area contributed by atoms with Crippen LogP contribution in [0.5, 0.6) is 0 Å². The van der Waals surface area contributed by atoms with E-state index in [9.17, 15) is 9.59 Å². The Labute approximate surface area is 83.4 Å². The van der Waals surface area contributed by atoms with Gasteiger partial charge in [0.25, 0.3) is 0 Å². The minimum Gasteiger partial charge on any atom is -0.477 e. The monoisotopic (exact) mass is 220 g/mol. The Kier molecular flexibility index (Phi) is 3.68. The van der Waals surface area contributed by atoms with E-state index in [0.29, 0.717) is 11.5 Å². The molecule has 1 rings (SSSR count). The summed E-state index contributed by atoms with van der Waals surface area (Å²) < 4.78 is 0. The standard InChI is InChI=1S/C7H8O4S2/c8-6(9)4-5(7(10)11)13-3-1-2-12-4/h1-3H2,(H,8,9)(H,10,11). The van der Waals surface area contributed by atoms with Gasteiger partial charge in [-0.3, -0.25) is 0 Å². The highest BCUT2D eigenvalue weighted by Gasteiger charge is 2.23. The molecule has 0 aromatic heterocycles. The van der Waals surface area contributed by atoms with Crippen LogP contribution in [0.4, 0.5) is 0 Å². The summed E-state index contributed by atoms with van der Waals surface area (Å²) in [4.78, 5) is 21.3. The molecule has 0 amide bonds. The van der Waals surface area contributed by atoms with E-state index in [1.807, 2.05) is 0 Å². The molecule has 0 atom stereocenters. The fourth-order valence-electron chi connectivity index (χ4n) is 0.856. The van der Waals surface area contributed by atoms with E-state index in [2.05, 4.69) is 0 Å². The van der Waals surface area contributed by atoms with E-state index >= 15 is 0 Å². The zero-order valence-electron chi connectivity index (χ0n) is 6.65. The SMILES string of the molecule is O=C(O)C1=C(C(=O)O)SCCCS1. The maximum Gasteiger partial charge on any atom is 0.343 e. The third-order valence-electron chi connectivity index (χ3n) is 1.38. The summed E-state index contributed by atoms with van der Waals surface area (Å²) in [5.41, 5.74) is 0. The first-order valence-corrected chi connectivity index (χ1v) is 5.56. The molecular formula is C7H8O4S2. The third kappa shape index (κ3) is 2.67. The fourth-order valence-corrected chi connectivity index (χ4v) is 3.06. The second-order valence-electron chi connectivity index (χ2n) is 2.32. The Morgan fingerprint density at radius 3 is 1.69 bits per heavy atom. The van der Waals surface area contributed by atoms with Crippen molar-refractivity contribution < 1.29 is 19.8 Å². The minimum atomic E-state index is -1.14. The van der Waals surface area contributed by atoms with Crippen molar-refractivity contribution in [2.45, 2.75) is 6.42 Å². The average molecular weight is 220 g/mol. The number of hydrogen-bond acceptors (Lipinski definition) is 4. The van der Waals surface area contributed by atoms with Crippen molar-refractivity contribution >= 4 is 35.5 Å². The average Bonchev–Trinajstić information content (AvgIpc) is 2.27. The van der Waals surface area contributed by atoms with Gasteiger partial charge in [-0.15, -0.1) is 23.5 Å². The van der Waals surface area contributed by atoms with Gasteiger partial charge in [-0.1, -0.05) is 0 Å². The molecule has 1 aliphatic heterocycles. The van der Waals surface area contributed by atoms with E-state index in [4.69, 9.17) is 10.2 Å². The first-order chi connectivity index (χ1) is 6.13. The molecule has 13 heavy (non-hydrogen) atoms. The molecule has 0 unspecified atom stereocenters. The summed E-state index contributed by atoms with van der Waals surface area (Å²) >= 11 is 2.21. The lowest BCUT2D eigenvalue weighted by Crippen LogP contribution is -2.06. The number of thioether (sulfide) groups is 2. The van der Waals surface area contributed by atoms with E-state index in [1.54, 1.807) is 0 Å². The van der Waals surface area contributed by atoms with Crippen LogP contribution in [-0.4, -0.2) is 33.7 Å². The summed E-state index contributed by atoms with van der Waals surface area (Å²) in [5.74, 6) is -0.940. The van der Waals surface area contributed by atoms with E-state index < -0.39 is 11.9 Å². The van der Waals surface area contributed by atoms with E-state index in [-0.39, 0.29) is 9.81 Å². The van der Waals surface area contributed by atoms with Gasteiger partial charge in [0, 0.05) is 0 Å². The topological polar surface area (TPSA) is 74.6 Å². The van der Waals surface area contributed by atoms with Crippen LogP contribution in [0.3, 0.4) is 0 Å². The number of aliphatic carboxylic acids is 2. The summed E-state index contributed by atoms with van der Waals surface area (Å²) in [6.07, 6.45) is 0.836. The Morgan fingerprint density at radius 2 is 1.38 bits per heavy atom. The summed E-state index contributed by atoms with van der Waals surface area (Å²) in [6, 6.07) is 0. The zero-order valence-corrected chi connectivity index (χ0v) is 8.28. The lowest BCUT2D eigenvalue weighted by atomic mass is 10.5. The first-order valence-electron chi connectivity index (χ1n) is 3.59. The maximum absolute atomic E-state index is 10.7. The van der Waals surface area contributed by atoms with Crippen LogP contribution in [-0.2, 0) is 9.59 Å². The van der Waals surface area contributed by atoms with Crippen molar-refractivity contribution in [3.63, 3.8) is 0 Å². The number of rotatable bonds is 2. The summed E-state index contributed by atoms with van der Waals surface area (Å²) in [5, 5.41) is 17.5. The quantitative estimate of drug-likeness (QED) is 0.729. The molecule has 72 valence electrons. The Bertz CT molecular complexity index is 246. The van der Waals surface area contributed by atoms with Crippen LogP contribution in [0.25, 0.3) is 0 Å². The lowest BCUT2D eigenvalue weighted by Gasteiger charge is -2.01. The van der Waals surface area contributed by atoms with Crippen molar-refractivity contribution in [2.75, 3.05) is 11.5 Å². The smallest absolute Gasteiger partial charge is 0.343 e. The van der Waals surface area contributed by atoms with Crippen molar-refractivity contribution in [1.29, 1.82) is 0 Å². The highest BCUT2D eigenvalue weighted by atomic mass is 32.2. The Morgan fingerprint density at radius 1 is 1.00 bits per heavy atom. The van der Waals surface area contributed by atoms with Crippen LogP contribution in [0.1, 0.15) is 6.42 Å². The molecule has 0 aromatic rings. The second-order valence-corrected chi connectivity index (χ2v) is 4.53. The summed E-state index contributed by atoms with van der Waals surface area (Å²) in [6.45, 7) is 0. The highest BCUT2D eigenvalue weighted by Crippen LogP contribution is 2.32. The van der Waals surface area contributed by atoms with Crippen molar-refractivity contribution in [3.05, 3.63) is 9.81 Å². The van der Waals surface area contributed by atoms with Crippen LogP contribution in [0.2, 0.25) is 0 Å². The molecule has 0 aliphatic carbocycles. The molecule has 0 spiro atoms. The molecule has 0 saturated heterocycles. The Balaban J connectivity index is 2.99. The Hall–Kier alpha value is -0.620. The second kappa shape index (κ2) is 4.57. The van der Waals surface area contributed by atoms with Gasteiger partial charge in [0.1, 0.15) is 9.81 Å². The molecular weight excluding hydrogens is 212 g/mol. The predicted octanol–water partition coefficient (Wildman–Crippen LogP) is 1.24. The zero-order chi connectivity index (χ0) is 9.84. The fraction of sp³-hybridized carbons (Fsp3) is 0.429. The van der Waals surface area contributed by atoms with Crippen LogP contribution in [0, 0.1) is 0 Å². The van der Waals surface area contributed by atoms with Crippen LogP contribution in [0.15, 0.2) is 9.81 Å². The number of carboxylic acids is 2. The number of carbonyl (C=O) groups is 2.